The first-order valence-electron chi connectivity index (χ1n) is 9.02. The quantitative estimate of drug-likeness (QED) is 0.849. The molecule has 3 aliphatic rings. The third-order valence-electron chi connectivity index (χ3n) is 5.67. The number of fused-ring (bicyclic) bond motifs is 1. The van der Waals surface area contributed by atoms with Gasteiger partial charge in [-0.2, -0.15) is 0 Å². The van der Waals surface area contributed by atoms with Crippen molar-refractivity contribution >= 4 is 23.2 Å². The van der Waals surface area contributed by atoms with Gasteiger partial charge in [-0.15, -0.1) is 11.3 Å². The van der Waals surface area contributed by atoms with Gasteiger partial charge < -0.3 is 11.1 Å². The predicted molar refractivity (Wildman–Crippen MR) is 94.1 cm³/mol. The molecule has 3 N–H and O–H groups in total. The number of nitrogens with one attached hydrogen (secondary N) is 1. The van der Waals surface area contributed by atoms with Gasteiger partial charge in [0.1, 0.15) is 0 Å². The van der Waals surface area contributed by atoms with Crippen molar-refractivity contribution < 1.29 is 9.59 Å². The van der Waals surface area contributed by atoms with E-state index in [2.05, 4.69) is 15.6 Å². The lowest BCUT2D eigenvalue weighted by Gasteiger charge is -2.20. The highest BCUT2D eigenvalue weighted by Crippen LogP contribution is 2.41. The molecule has 130 valence electrons. The second kappa shape index (κ2) is 6.48. The number of hydrogen-bond acceptors (Lipinski definition) is 4. The molecule has 2 amide bonds. The molecular formula is C18H25N3O2S. The second-order valence-electron chi connectivity index (χ2n) is 7.52. The van der Waals surface area contributed by atoms with E-state index in [0.29, 0.717) is 18.4 Å². The summed E-state index contributed by atoms with van der Waals surface area (Å²) in [5, 5.41) is 5.45. The lowest BCUT2D eigenvalue weighted by Crippen LogP contribution is -2.41. The Kier molecular flexibility index (Phi) is 4.35. The van der Waals surface area contributed by atoms with Crippen LogP contribution in [0.5, 0.6) is 0 Å². The largest absolute Gasteiger partial charge is 0.369 e. The Morgan fingerprint density at radius 3 is 2.79 bits per heavy atom. The maximum atomic E-state index is 12.8. The van der Waals surface area contributed by atoms with Gasteiger partial charge in [-0.1, -0.05) is 0 Å². The van der Waals surface area contributed by atoms with Crippen molar-refractivity contribution in [2.24, 2.45) is 17.6 Å². The molecule has 24 heavy (non-hydrogen) atoms. The molecule has 2 atom stereocenters. The van der Waals surface area contributed by atoms with Gasteiger partial charge in [-0.05, 0) is 66.9 Å². The zero-order valence-corrected chi connectivity index (χ0v) is 14.7. The lowest BCUT2D eigenvalue weighted by molar-refractivity contribution is -0.118. The Bertz CT molecular complexity index is 653. The molecule has 2 fully saturated rings. The zero-order valence-electron chi connectivity index (χ0n) is 13.9. The first-order valence-corrected chi connectivity index (χ1v) is 9.90. The number of carbonyl (C=O) groups is 2. The monoisotopic (exact) mass is 347 g/mol. The summed E-state index contributed by atoms with van der Waals surface area (Å²) in [6.45, 7) is 1.91. The van der Waals surface area contributed by atoms with Crippen LogP contribution in [0.2, 0.25) is 0 Å². The molecule has 2 heterocycles. The number of nitrogens with zero attached hydrogens (tertiary/aromatic N) is 1. The number of thiophene rings is 1. The highest BCUT2D eigenvalue weighted by Gasteiger charge is 2.43. The number of amides is 2. The molecule has 0 aromatic carbocycles. The summed E-state index contributed by atoms with van der Waals surface area (Å²) >= 11 is 1.59. The van der Waals surface area contributed by atoms with Crippen LogP contribution in [0.15, 0.2) is 5.38 Å². The van der Waals surface area contributed by atoms with Gasteiger partial charge in [0.15, 0.2) is 0 Å². The van der Waals surface area contributed by atoms with Crippen LogP contribution in [0.3, 0.4) is 0 Å². The molecule has 0 radical (unpaired) electrons. The van der Waals surface area contributed by atoms with Crippen LogP contribution in [0.1, 0.15) is 46.5 Å². The fraction of sp³-hybridized carbons (Fsp3) is 0.667. The van der Waals surface area contributed by atoms with Gasteiger partial charge in [-0.25, -0.2) is 0 Å². The number of hydrogen-bond donors (Lipinski definition) is 2. The van der Waals surface area contributed by atoms with Crippen LogP contribution in [0.4, 0.5) is 0 Å². The minimum absolute atomic E-state index is 0.0831. The molecule has 1 saturated heterocycles. The van der Waals surface area contributed by atoms with Gasteiger partial charge in [-0.3, -0.25) is 14.5 Å². The summed E-state index contributed by atoms with van der Waals surface area (Å²) < 4.78 is 0. The highest BCUT2D eigenvalue weighted by molar-refractivity contribution is 7.12. The number of carbonyl (C=O) groups excluding carboxylic acids is 2. The Morgan fingerprint density at radius 2 is 2.04 bits per heavy atom. The van der Waals surface area contributed by atoms with E-state index in [1.165, 1.54) is 36.8 Å². The van der Waals surface area contributed by atoms with Crippen molar-refractivity contribution in [3.05, 3.63) is 21.4 Å². The summed E-state index contributed by atoms with van der Waals surface area (Å²) in [7, 11) is 0. The molecule has 0 spiro atoms. The normalized spacial score (nSPS) is 27.0. The molecule has 5 nitrogen and oxygen atoms in total. The SMILES string of the molecule is NC(=O)CN1C[C@H](NC(=O)c2scc3c2CCCC3)[C@@H](C2CC2)C1. The summed E-state index contributed by atoms with van der Waals surface area (Å²) in [6.07, 6.45) is 7.06. The van der Waals surface area contributed by atoms with Crippen molar-refractivity contribution in [2.75, 3.05) is 19.6 Å². The molecule has 0 bridgehead atoms. The smallest absolute Gasteiger partial charge is 0.261 e. The Morgan fingerprint density at radius 1 is 1.25 bits per heavy atom. The van der Waals surface area contributed by atoms with E-state index in [1.54, 1.807) is 11.3 Å². The second-order valence-corrected chi connectivity index (χ2v) is 8.40. The van der Waals surface area contributed by atoms with Crippen molar-refractivity contribution in [1.82, 2.24) is 10.2 Å². The number of rotatable bonds is 5. The van der Waals surface area contributed by atoms with E-state index >= 15 is 0 Å². The maximum Gasteiger partial charge on any atom is 0.261 e. The van der Waals surface area contributed by atoms with Gasteiger partial charge in [0, 0.05) is 19.1 Å². The predicted octanol–water partition coefficient (Wildman–Crippen LogP) is 1.55. The van der Waals surface area contributed by atoms with Gasteiger partial charge in [0.25, 0.3) is 5.91 Å². The van der Waals surface area contributed by atoms with E-state index in [-0.39, 0.29) is 17.9 Å². The standard InChI is InChI=1S/C18H25N3O2S/c19-16(22)9-21-7-14(11-5-6-11)15(8-21)20-18(23)17-13-4-2-1-3-12(13)10-24-17/h10-11,14-15H,1-9H2,(H2,19,22)(H,20,23)/t14-,15+/m1/s1. The number of primary amides is 1. The zero-order chi connectivity index (χ0) is 16.7. The third kappa shape index (κ3) is 3.22. The molecule has 0 unspecified atom stereocenters. The summed E-state index contributed by atoms with van der Waals surface area (Å²) in [6, 6.07) is 0.144. The van der Waals surface area contributed by atoms with Crippen molar-refractivity contribution in [3.8, 4) is 0 Å². The molecule has 1 aliphatic heterocycles. The molecule has 1 aromatic rings. The van der Waals surface area contributed by atoms with E-state index in [0.717, 1.165) is 30.8 Å². The van der Waals surface area contributed by atoms with Gasteiger partial charge >= 0.3 is 0 Å². The molecular weight excluding hydrogens is 322 g/mol. The summed E-state index contributed by atoms with van der Waals surface area (Å²) in [5.74, 6) is 0.957. The van der Waals surface area contributed by atoms with Crippen molar-refractivity contribution in [3.63, 3.8) is 0 Å². The molecule has 2 aliphatic carbocycles. The average molecular weight is 347 g/mol. The topological polar surface area (TPSA) is 75.4 Å². The first-order chi connectivity index (χ1) is 11.6. The Labute approximate surface area is 146 Å². The number of nitrogens with two attached hydrogens (primary N) is 1. The van der Waals surface area contributed by atoms with Gasteiger partial charge in [0.05, 0.1) is 11.4 Å². The van der Waals surface area contributed by atoms with Crippen LogP contribution in [-0.4, -0.2) is 42.4 Å². The minimum Gasteiger partial charge on any atom is -0.369 e. The van der Waals surface area contributed by atoms with Crippen LogP contribution in [0.25, 0.3) is 0 Å². The van der Waals surface area contributed by atoms with Crippen molar-refractivity contribution in [1.29, 1.82) is 0 Å². The fourth-order valence-corrected chi connectivity index (χ4v) is 5.42. The van der Waals surface area contributed by atoms with Crippen LogP contribution >= 0.6 is 11.3 Å². The lowest BCUT2D eigenvalue weighted by atomic mass is 9.93. The summed E-state index contributed by atoms with van der Waals surface area (Å²) in [4.78, 5) is 27.1. The van der Waals surface area contributed by atoms with Crippen molar-refractivity contribution in [2.45, 2.75) is 44.6 Å². The fourth-order valence-electron chi connectivity index (χ4n) is 4.36. The van der Waals surface area contributed by atoms with Crippen LogP contribution in [-0.2, 0) is 17.6 Å². The Balaban J connectivity index is 1.46. The average Bonchev–Trinajstić information content (AvgIpc) is 3.18. The van der Waals surface area contributed by atoms with Crippen LogP contribution < -0.4 is 11.1 Å². The summed E-state index contributed by atoms with van der Waals surface area (Å²) in [5.41, 5.74) is 7.99. The molecule has 4 rings (SSSR count). The first kappa shape index (κ1) is 16.1. The third-order valence-corrected chi connectivity index (χ3v) is 6.74. The van der Waals surface area contributed by atoms with E-state index in [1.807, 2.05) is 0 Å². The maximum absolute atomic E-state index is 12.8. The number of aryl methyl sites for hydroxylation is 1. The Hall–Kier alpha value is -1.40. The number of likely N-dealkylation sites (tertiary alicyclic amines) is 1. The van der Waals surface area contributed by atoms with E-state index in [9.17, 15) is 9.59 Å². The molecule has 1 aromatic heterocycles. The minimum atomic E-state index is -0.288. The van der Waals surface area contributed by atoms with Crippen LogP contribution in [0, 0.1) is 11.8 Å². The van der Waals surface area contributed by atoms with Gasteiger partial charge in [0.2, 0.25) is 5.91 Å². The van der Waals surface area contributed by atoms with E-state index in [4.69, 9.17) is 5.73 Å². The molecule has 6 heteroatoms. The van der Waals surface area contributed by atoms with E-state index < -0.39 is 0 Å². The molecule has 1 saturated carbocycles. The highest BCUT2D eigenvalue weighted by atomic mass is 32.1.